The summed E-state index contributed by atoms with van der Waals surface area (Å²) in [5.41, 5.74) is 0.830. The zero-order valence-corrected chi connectivity index (χ0v) is 12.8. The Hall–Kier alpha value is -1.13. The minimum Gasteiger partial charge on any atom is -0.388 e. The molecular weight excluding hydrogens is 255 g/mol. The summed E-state index contributed by atoms with van der Waals surface area (Å²) in [6, 6.07) is 5.18. The van der Waals surface area contributed by atoms with E-state index in [4.69, 9.17) is 0 Å². The summed E-state index contributed by atoms with van der Waals surface area (Å²) in [7, 11) is 0. The zero-order valence-electron chi connectivity index (χ0n) is 12.8. The van der Waals surface area contributed by atoms with Gasteiger partial charge in [0.25, 0.3) is 0 Å². The van der Waals surface area contributed by atoms with Crippen LogP contribution in [0, 0.1) is 5.82 Å². The maximum atomic E-state index is 14.2. The van der Waals surface area contributed by atoms with Crippen LogP contribution in [-0.4, -0.2) is 29.3 Å². The fourth-order valence-electron chi connectivity index (χ4n) is 2.55. The van der Waals surface area contributed by atoms with Crippen molar-refractivity contribution in [3.63, 3.8) is 0 Å². The molecule has 112 valence electrons. The van der Waals surface area contributed by atoms with Gasteiger partial charge in [-0.25, -0.2) is 4.39 Å². The first-order chi connectivity index (χ1) is 9.18. The Morgan fingerprint density at radius 2 is 2.10 bits per heavy atom. The van der Waals surface area contributed by atoms with E-state index in [0.717, 1.165) is 5.56 Å². The maximum Gasteiger partial charge on any atom is 0.146 e. The van der Waals surface area contributed by atoms with Gasteiger partial charge >= 0.3 is 0 Å². The Balaban J connectivity index is 2.23. The van der Waals surface area contributed by atoms with E-state index < -0.39 is 5.60 Å². The molecule has 1 aliphatic rings. The highest BCUT2D eigenvalue weighted by Crippen LogP contribution is 2.31. The molecule has 1 fully saturated rings. The fraction of sp³-hybridized carbons (Fsp3) is 0.625. The first-order valence-corrected chi connectivity index (χ1v) is 7.18. The van der Waals surface area contributed by atoms with Crippen molar-refractivity contribution in [2.45, 2.75) is 51.8 Å². The van der Waals surface area contributed by atoms with Gasteiger partial charge in [0, 0.05) is 25.2 Å². The molecule has 0 saturated carbocycles. The fourth-order valence-corrected chi connectivity index (χ4v) is 2.55. The number of hydrogen-bond donors (Lipinski definition) is 2. The van der Waals surface area contributed by atoms with Crippen LogP contribution < -0.4 is 10.2 Å². The molecule has 4 heteroatoms. The number of halogens is 1. The van der Waals surface area contributed by atoms with Crippen LogP contribution >= 0.6 is 0 Å². The highest BCUT2D eigenvalue weighted by Gasteiger charge is 2.33. The van der Waals surface area contributed by atoms with Crippen LogP contribution in [0.3, 0.4) is 0 Å². The van der Waals surface area contributed by atoms with Crippen molar-refractivity contribution in [2.75, 3.05) is 18.0 Å². The number of anilines is 1. The smallest absolute Gasteiger partial charge is 0.146 e. The molecule has 0 aliphatic carbocycles. The Morgan fingerprint density at radius 1 is 1.40 bits per heavy atom. The maximum absolute atomic E-state index is 14.2. The van der Waals surface area contributed by atoms with E-state index in [0.29, 0.717) is 31.7 Å². The summed E-state index contributed by atoms with van der Waals surface area (Å²) in [4.78, 5) is 1.95. The molecule has 2 N–H and O–H groups in total. The molecule has 2 rings (SSSR count). The largest absolute Gasteiger partial charge is 0.388 e. The van der Waals surface area contributed by atoms with E-state index in [1.54, 1.807) is 13.0 Å². The van der Waals surface area contributed by atoms with Gasteiger partial charge in [0.1, 0.15) is 5.82 Å². The number of aliphatic hydroxyl groups is 1. The molecule has 1 atom stereocenters. The molecule has 1 unspecified atom stereocenters. The second-order valence-corrected chi connectivity index (χ2v) is 7.02. The van der Waals surface area contributed by atoms with Crippen molar-refractivity contribution >= 4 is 5.69 Å². The normalized spacial score (nSPS) is 23.4. The van der Waals surface area contributed by atoms with Crippen LogP contribution in [0.25, 0.3) is 0 Å². The molecule has 3 nitrogen and oxygen atoms in total. The molecule has 1 aromatic carbocycles. The van der Waals surface area contributed by atoms with Gasteiger partial charge in [0.2, 0.25) is 0 Å². The highest BCUT2D eigenvalue weighted by atomic mass is 19.1. The monoisotopic (exact) mass is 280 g/mol. The number of nitrogens with one attached hydrogen (secondary N) is 1. The van der Waals surface area contributed by atoms with E-state index in [1.165, 1.54) is 6.07 Å². The van der Waals surface area contributed by atoms with Gasteiger partial charge in [-0.15, -0.1) is 0 Å². The predicted molar refractivity (Wildman–Crippen MR) is 80.4 cm³/mol. The molecule has 0 radical (unpaired) electrons. The Kier molecular flexibility index (Phi) is 4.07. The minimum atomic E-state index is -0.725. The predicted octanol–water partition coefficient (Wildman–Crippen LogP) is 2.67. The zero-order chi connectivity index (χ0) is 15.0. The van der Waals surface area contributed by atoms with E-state index in [2.05, 4.69) is 26.1 Å². The average Bonchev–Trinajstić information content (AvgIpc) is 2.65. The molecular formula is C16H25FN2O. The first-order valence-electron chi connectivity index (χ1n) is 7.18. The van der Waals surface area contributed by atoms with Crippen molar-refractivity contribution in [3.8, 4) is 0 Å². The third-order valence-corrected chi connectivity index (χ3v) is 3.65. The molecule has 0 amide bonds. The quantitative estimate of drug-likeness (QED) is 0.893. The Labute approximate surface area is 120 Å². The summed E-state index contributed by atoms with van der Waals surface area (Å²) in [5, 5.41) is 13.5. The summed E-state index contributed by atoms with van der Waals surface area (Å²) in [6.45, 7) is 9.87. The SMILES string of the molecule is CC1(O)CCN(c2c(F)cccc2CNC(C)(C)C)C1. The van der Waals surface area contributed by atoms with E-state index >= 15 is 0 Å². The lowest BCUT2D eigenvalue weighted by Gasteiger charge is -2.26. The van der Waals surface area contributed by atoms with Crippen LogP contribution in [0.4, 0.5) is 10.1 Å². The number of β-amino-alcohol motifs (C(OH)–C–C–N with tert-alkyl or cyclic N) is 1. The number of hydrogen-bond acceptors (Lipinski definition) is 3. The van der Waals surface area contributed by atoms with Gasteiger partial charge in [-0.3, -0.25) is 0 Å². The topological polar surface area (TPSA) is 35.5 Å². The first kappa shape index (κ1) is 15.3. The van der Waals surface area contributed by atoms with Gasteiger partial charge in [0.15, 0.2) is 0 Å². The second kappa shape index (κ2) is 5.34. The summed E-state index contributed by atoms with van der Waals surface area (Å²) < 4.78 is 14.2. The van der Waals surface area contributed by atoms with Gasteiger partial charge in [-0.2, -0.15) is 0 Å². The Bertz CT molecular complexity index is 480. The van der Waals surface area contributed by atoms with E-state index in [-0.39, 0.29) is 11.4 Å². The molecule has 0 aromatic heterocycles. The molecule has 20 heavy (non-hydrogen) atoms. The van der Waals surface area contributed by atoms with Crippen LogP contribution in [0.15, 0.2) is 18.2 Å². The van der Waals surface area contributed by atoms with Crippen molar-refractivity contribution < 1.29 is 9.50 Å². The van der Waals surface area contributed by atoms with Gasteiger partial charge in [-0.1, -0.05) is 12.1 Å². The van der Waals surface area contributed by atoms with Crippen molar-refractivity contribution in [2.24, 2.45) is 0 Å². The van der Waals surface area contributed by atoms with Crippen molar-refractivity contribution in [1.82, 2.24) is 5.32 Å². The lowest BCUT2D eigenvalue weighted by atomic mass is 10.1. The van der Waals surface area contributed by atoms with Gasteiger partial charge < -0.3 is 15.3 Å². The third-order valence-electron chi connectivity index (χ3n) is 3.65. The number of nitrogens with zero attached hydrogens (tertiary/aromatic N) is 1. The molecule has 1 aliphatic heterocycles. The number of para-hydroxylation sites is 1. The standard InChI is InChI=1S/C16H25FN2O/c1-15(2,3)18-10-12-6-5-7-13(17)14(12)19-9-8-16(4,20)11-19/h5-7,18,20H,8-11H2,1-4H3. The molecule has 1 aromatic rings. The van der Waals surface area contributed by atoms with Gasteiger partial charge in [0.05, 0.1) is 11.3 Å². The molecule has 1 saturated heterocycles. The Morgan fingerprint density at radius 3 is 2.65 bits per heavy atom. The van der Waals surface area contributed by atoms with Gasteiger partial charge in [-0.05, 0) is 45.7 Å². The van der Waals surface area contributed by atoms with Crippen molar-refractivity contribution in [1.29, 1.82) is 0 Å². The molecule has 0 spiro atoms. The van der Waals surface area contributed by atoms with Crippen molar-refractivity contribution in [3.05, 3.63) is 29.6 Å². The average molecular weight is 280 g/mol. The van der Waals surface area contributed by atoms with Crippen LogP contribution in [-0.2, 0) is 6.54 Å². The third kappa shape index (κ3) is 3.70. The second-order valence-electron chi connectivity index (χ2n) is 7.02. The van der Waals surface area contributed by atoms with Crippen LogP contribution in [0.2, 0.25) is 0 Å². The van der Waals surface area contributed by atoms with E-state index in [1.807, 2.05) is 11.0 Å². The lowest BCUT2D eigenvalue weighted by Crippen LogP contribution is -2.36. The summed E-state index contributed by atoms with van der Waals surface area (Å²) >= 11 is 0. The van der Waals surface area contributed by atoms with Crippen LogP contribution in [0.5, 0.6) is 0 Å². The summed E-state index contributed by atoms with van der Waals surface area (Å²) in [6.07, 6.45) is 0.674. The molecule has 0 bridgehead atoms. The minimum absolute atomic E-state index is 0.0138. The summed E-state index contributed by atoms with van der Waals surface area (Å²) in [5.74, 6) is -0.212. The number of benzene rings is 1. The van der Waals surface area contributed by atoms with E-state index in [9.17, 15) is 9.50 Å². The lowest BCUT2D eigenvalue weighted by molar-refractivity contribution is 0.0839. The highest BCUT2D eigenvalue weighted by molar-refractivity contribution is 5.56. The number of rotatable bonds is 3. The molecule has 1 heterocycles. The van der Waals surface area contributed by atoms with Crippen LogP contribution in [0.1, 0.15) is 39.7 Å².